The molecule has 53 heavy (non-hydrogen) atoms. The van der Waals surface area contributed by atoms with Crippen LogP contribution in [0.5, 0.6) is 0 Å². The zero-order chi connectivity index (χ0) is 36.8. The van der Waals surface area contributed by atoms with Crippen LogP contribution in [0.1, 0.15) is 109 Å². The molecule has 5 aromatic carbocycles. The van der Waals surface area contributed by atoms with Gasteiger partial charge in [-0.3, -0.25) is 0 Å². The fourth-order valence-electron chi connectivity index (χ4n) is 10.5. The Bertz CT molecular complexity index is 2500. The average Bonchev–Trinajstić information content (AvgIpc) is 3.51. The van der Waals surface area contributed by atoms with Gasteiger partial charge >= 0.3 is 6.85 Å². The van der Waals surface area contributed by atoms with Crippen molar-refractivity contribution in [3.05, 3.63) is 125 Å². The first-order chi connectivity index (χ1) is 25.2. The highest BCUT2D eigenvalue weighted by atomic mass is 16.3. The molecule has 0 saturated heterocycles. The third-order valence-electron chi connectivity index (χ3n) is 13.8. The number of aryl methyl sites for hydroxylation is 1. The summed E-state index contributed by atoms with van der Waals surface area (Å²) in [4.78, 5) is 5.16. The van der Waals surface area contributed by atoms with Crippen LogP contribution in [0, 0.1) is 6.92 Å². The highest BCUT2D eigenvalue weighted by Gasteiger charge is 2.50. The minimum absolute atomic E-state index is 0.0761. The van der Waals surface area contributed by atoms with Crippen LogP contribution in [0.4, 0.5) is 28.4 Å². The molecular weight excluding hydrogens is 643 g/mol. The van der Waals surface area contributed by atoms with Crippen LogP contribution in [0.2, 0.25) is 0 Å². The van der Waals surface area contributed by atoms with Crippen LogP contribution in [0.15, 0.2) is 101 Å². The summed E-state index contributed by atoms with van der Waals surface area (Å²) in [6.45, 7) is 21.7. The first-order valence-electron chi connectivity index (χ1n) is 19.8. The Morgan fingerprint density at radius 2 is 1.15 bits per heavy atom. The Balaban J connectivity index is 1.35. The molecule has 0 bridgehead atoms. The van der Waals surface area contributed by atoms with Crippen LogP contribution in [0.3, 0.4) is 0 Å². The third kappa shape index (κ3) is 4.60. The topological polar surface area (TPSA) is 19.6 Å². The Kier molecular flexibility index (Phi) is 6.65. The van der Waals surface area contributed by atoms with E-state index >= 15 is 0 Å². The highest BCUT2D eigenvalue weighted by molar-refractivity contribution is 6.93. The van der Waals surface area contributed by atoms with Gasteiger partial charge in [0.2, 0.25) is 0 Å². The summed E-state index contributed by atoms with van der Waals surface area (Å²) in [6.07, 6.45) is 4.74. The predicted molar refractivity (Wildman–Crippen MR) is 225 cm³/mol. The van der Waals surface area contributed by atoms with Crippen LogP contribution in [-0.2, 0) is 21.7 Å². The number of anilines is 5. The third-order valence-corrected chi connectivity index (χ3v) is 13.8. The molecule has 10 rings (SSSR count). The van der Waals surface area contributed by atoms with E-state index in [1.807, 2.05) is 0 Å². The van der Waals surface area contributed by atoms with Crippen molar-refractivity contribution in [2.75, 3.05) is 9.71 Å². The van der Waals surface area contributed by atoms with Gasteiger partial charge in [0.25, 0.3) is 0 Å². The number of hydrogen-bond acceptors (Lipinski definition) is 3. The van der Waals surface area contributed by atoms with E-state index in [4.69, 9.17) is 4.42 Å². The SMILES string of the molecule is Cc1cc2c3c(c1)N(c1ccccc1)c1c(oc4ccccc14)B3N(c1ccc3c(c1)C(C)(C)CCC3(C)C)c1cc3c(cc1-2)C(C)(C)CCC3(C)C. The minimum Gasteiger partial charge on any atom is -0.466 e. The lowest BCUT2D eigenvalue weighted by Gasteiger charge is -2.48. The van der Waals surface area contributed by atoms with Gasteiger partial charge in [0, 0.05) is 33.7 Å². The van der Waals surface area contributed by atoms with Gasteiger partial charge in [0.05, 0.1) is 5.69 Å². The molecule has 3 heterocycles. The molecule has 0 spiro atoms. The first kappa shape index (κ1) is 32.9. The van der Waals surface area contributed by atoms with Gasteiger partial charge in [-0.2, -0.15) is 0 Å². The molecule has 2 aliphatic heterocycles. The first-order valence-corrected chi connectivity index (χ1v) is 19.8. The summed E-state index contributed by atoms with van der Waals surface area (Å²) < 4.78 is 7.18. The van der Waals surface area contributed by atoms with Crippen molar-refractivity contribution in [2.24, 2.45) is 0 Å². The van der Waals surface area contributed by atoms with E-state index in [-0.39, 0.29) is 28.5 Å². The van der Waals surface area contributed by atoms with Crippen molar-refractivity contribution in [3.63, 3.8) is 0 Å². The summed E-state index contributed by atoms with van der Waals surface area (Å²) in [5, 5.41) is 1.15. The molecule has 6 aromatic rings. The van der Waals surface area contributed by atoms with Crippen LogP contribution < -0.4 is 20.8 Å². The van der Waals surface area contributed by atoms with Gasteiger partial charge in [-0.15, -0.1) is 0 Å². The Morgan fingerprint density at radius 3 is 1.85 bits per heavy atom. The maximum Gasteiger partial charge on any atom is 0.375 e. The lowest BCUT2D eigenvalue weighted by molar-refractivity contribution is 0.332. The molecule has 0 radical (unpaired) electrons. The number of hydrogen-bond donors (Lipinski definition) is 0. The monoisotopic (exact) mass is 694 g/mol. The second kappa shape index (κ2) is 10.7. The second-order valence-corrected chi connectivity index (χ2v) is 19.2. The van der Waals surface area contributed by atoms with E-state index in [2.05, 4.69) is 169 Å². The summed E-state index contributed by atoms with van der Waals surface area (Å²) >= 11 is 0. The molecule has 0 amide bonds. The molecule has 0 atom stereocenters. The van der Waals surface area contributed by atoms with E-state index < -0.39 is 0 Å². The van der Waals surface area contributed by atoms with E-state index in [9.17, 15) is 0 Å². The number of furan rings is 1. The quantitative estimate of drug-likeness (QED) is 0.168. The van der Waals surface area contributed by atoms with Crippen LogP contribution in [-0.4, -0.2) is 6.85 Å². The van der Waals surface area contributed by atoms with E-state index in [0.29, 0.717) is 0 Å². The standard InChI is InChI=1S/C49H51BN2O/c1-30-25-35-34-28-38-39(49(8,9)24-23-48(38,6)7)29-40(34)52(32-19-20-36-37(27-32)47(4,5)22-21-46(36,2)3)50-43(35)41(26-30)51(31-15-11-10-12-16-31)44-33-17-13-14-18-42(33)53-45(44)50/h10-20,25-29H,21-24H2,1-9H3. The van der Waals surface area contributed by atoms with E-state index in [0.717, 1.165) is 28.0 Å². The predicted octanol–water partition coefficient (Wildman–Crippen LogP) is 12.1. The number of para-hydroxylation sites is 2. The normalized spacial score (nSPS) is 19.6. The molecule has 0 N–H and O–H groups in total. The molecule has 3 nitrogen and oxygen atoms in total. The average molecular weight is 695 g/mol. The number of benzene rings is 5. The van der Waals surface area contributed by atoms with Crippen molar-refractivity contribution in [1.82, 2.24) is 0 Å². The van der Waals surface area contributed by atoms with Gasteiger partial charge in [0.1, 0.15) is 11.2 Å². The summed E-state index contributed by atoms with van der Waals surface area (Å²) in [5.41, 5.74) is 19.6. The lowest BCUT2D eigenvalue weighted by Crippen LogP contribution is -2.61. The van der Waals surface area contributed by atoms with Gasteiger partial charge in [0.15, 0.2) is 0 Å². The van der Waals surface area contributed by atoms with Crippen molar-refractivity contribution in [3.8, 4) is 11.1 Å². The van der Waals surface area contributed by atoms with Crippen LogP contribution >= 0.6 is 0 Å². The molecule has 4 heteroatoms. The molecule has 266 valence electrons. The molecule has 0 saturated carbocycles. The van der Waals surface area contributed by atoms with E-state index in [1.54, 1.807) is 0 Å². The fourth-order valence-corrected chi connectivity index (χ4v) is 10.5. The van der Waals surface area contributed by atoms with E-state index in [1.165, 1.54) is 87.2 Å². The maximum atomic E-state index is 7.18. The summed E-state index contributed by atoms with van der Waals surface area (Å²) in [6, 6.07) is 37.0. The summed E-state index contributed by atoms with van der Waals surface area (Å²) in [5.74, 6) is 0. The molecule has 0 unspecified atom stereocenters. The lowest BCUT2D eigenvalue weighted by atomic mass is 9.45. The summed E-state index contributed by atoms with van der Waals surface area (Å²) in [7, 11) is 0. The number of rotatable bonds is 2. The largest absolute Gasteiger partial charge is 0.466 e. The Hall–Kier alpha value is -4.70. The fraction of sp³-hybridized carbons (Fsp3) is 0.347. The van der Waals surface area contributed by atoms with Crippen molar-refractivity contribution in [2.45, 2.75) is 110 Å². The maximum absolute atomic E-state index is 7.18. The smallest absolute Gasteiger partial charge is 0.375 e. The zero-order valence-electron chi connectivity index (χ0n) is 32.9. The second-order valence-electron chi connectivity index (χ2n) is 19.2. The number of fused-ring (bicyclic) bond motifs is 8. The molecule has 1 aromatic heterocycles. The highest BCUT2D eigenvalue weighted by Crippen LogP contribution is 2.55. The van der Waals surface area contributed by atoms with Crippen molar-refractivity contribution in [1.29, 1.82) is 0 Å². The van der Waals surface area contributed by atoms with Crippen molar-refractivity contribution >= 4 is 57.4 Å². The molecule has 0 fully saturated rings. The molecular formula is C49H51BN2O. The van der Waals surface area contributed by atoms with Crippen molar-refractivity contribution < 1.29 is 4.42 Å². The molecule has 2 aliphatic carbocycles. The van der Waals surface area contributed by atoms with Gasteiger partial charge in [-0.25, -0.2) is 0 Å². The Morgan fingerprint density at radius 1 is 0.547 bits per heavy atom. The number of nitrogens with zero attached hydrogens (tertiary/aromatic N) is 2. The van der Waals surface area contributed by atoms with Gasteiger partial charge in [-0.1, -0.05) is 97.9 Å². The molecule has 4 aliphatic rings. The van der Waals surface area contributed by atoms with Gasteiger partial charge in [-0.05, 0) is 148 Å². The minimum atomic E-state index is -0.147. The zero-order valence-corrected chi connectivity index (χ0v) is 32.9. The van der Waals surface area contributed by atoms with Gasteiger partial charge < -0.3 is 14.1 Å². The Labute approximate surface area is 316 Å². The van der Waals surface area contributed by atoms with Crippen LogP contribution in [0.25, 0.3) is 22.1 Å².